The Balaban J connectivity index is 1.45. The number of hydrogen-bond acceptors (Lipinski definition) is 10. The molecule has 2 aliphatic heterocycles. The second kappa shape index (κ2) is 10.9. The summed E-state index contributed by atoms with van der Waals surface area (Å²) >= 11 is 6.64. The van der Waals surface area contributed by atoms with Crippen LogP contribution in [0.25, 0.3) is 11.7 Å². The maximum Gasteiger partial charge on any atom is 0.267 e. The first-order valence-corrected chi connectivity index (χ1v) is 12.8. The smallest absolute Gasteiger partial charge is 0.267 e. The van der Waals surface area contributed by atoms with Gasteiger partial charge in [-0.1, -0.05) is 36.1 Å². The first-order valence-electron chi connectivity index (χ1n) is 11.5. The summed E-state index contributed by atoms with van der Waals surface area (Å²) in [7, 11) is 0. The Kier molecular flexibility index (Phi) is 7.42. The highest BCUT2D eigenvalue weighted by molar-refractivity contribution is 8.26. The van der Waals surface area contributed by atoms with Crippen LogP contribution in [0.5, 0.6) is 11.5 Å². The number of aliphatic hydroxyl groups is 1. The fourth-order valence-electron chi connectivity index (χ4n) is 3.97. The molecular formula is C25H24N4O6S2. The number of carbonyl (C=O) groups excluding carboxylic acids is 1. The molecule has 10 nitrogen and oxygen atoms in total. The predicted octanol–water partition coefficient (Wildman–Crippen LogP) is 2.55. The number of fused-ring (bicyclic) bond motifs is 2. The number of aromatic nitrogens is 2. The molecule has 0 unspecified atom stereocenters. The van der Waals surface area contributed by atoms with Crippen LogP contribution in [0.3, 0.4) is 0 Å². The van der Waals surface area contributed by atoms with E-state index in [1.165, 1.54) is 9.30 Å². The Labute approximate surface area is 221 Å². The molecule has 0 bridgehead atoms. The largest absolute Gasteiger partial charge is 0.454 e. The lowest BCUT2D eigenvalue weighted by molar-refractivity contribution is -0.122. The van der Waals surface area contributed by atoms with Gasteiger partial charge in [0, 0.05) is 12.7 Å². The summed E-state index contributed by atoms with van der Waals surface area (Å²) in [4.78, 5) is 33.3. The number of pyridine rings is 1. The fraction of sp³-hybridized carbons (Fsp3) is 0.280. The minimum atomic E-state index is -0.312. The van der Waals surface area contributed by atoms with Crippen molar-refractivity contribution >= 4 is 51.7 Å². The molecule has 2 N–H and O–H groups in total. The Bertz CT molecular complexity index is 1470. The van der Waals surface area contributed by atoms with E-state index in [1.807, 2.05) is 25.1 Å². The number of hydrogen-bond donors (Lipinski definition) is 2. The molecule has 4 heterocycles. The van der Waals surface area contributed by atoms with E-state index in [4.69, 9.17) is 31.5 Å². The topological polar surface area (TPSA) is 115 Å². The fourth-order valence-corrected chi connectivity index (χ4v) is 5.21. The SMILES string of the molecule is Cc1cccn2c(=O)c(/C=C3/SC(=S)N(Cc4ccc5c(c4)OCO5)C3=O)c(NCCOCCO)nc12. The molecule has 0 saturated carbocycles. The van der Waals surface area contributed by atoms with Crippen LogP contribution in [0.1, 0.15) is 16.7 Å². The molecule has 0 spiro atoms. The molecule has 0 atom stereocenters. The van der Waals surface area contributed by atoms with Crippen LogP contribution in [0.2, 0.25) is 0 Å². The highest BCUT2D eigenvalue weighted by Crippen LogP contribution is 2.36. The van der Waals surface area contributed by atoms with Crippen molar-refractivity contribution in [3.8, 4) is 11.5 Å². The summed E-state index contributed by atoms with van der Waals surface area (Å²) in [6.45, 7) is 3.12. The summed E-state index contributed by atoms with van der Waals surface area (Å²) in [6, 6.07) is 9.13. The number of anilines is 1. The monoisotopic (exact) mass is 540 g/mol. The second-order valence-corrected chi connectivity index (χ2v) is 9.96. The molecule has 12 heteroatoms. The number of benzene rings is 1. The van der Waals surface area contributed by atoms with Gasteiger partial charge in [-0.05, 0) is 42.3 Å². The number of aliphatic hydroxyl groups excluding tert-OH is 1. The first kappa shape index (κ1) is 25.2. The van der Waals surface area contributed by atoms with Gasteiger partial charge in [-0.25, -0.2) is 4.98 Å². The standard InChI is InChI=1S/C25H24N4O6S2/c1-15-3-2-7-28-22(15)27-21(26-6-9-33-10-8-30)17(23(28)31)12-20-24(32)29(25(36)37-20)13-16-4-5-18-19(11-16)35-14-34-18/h2-5,7,11-12,26,30H,6,8-10,13-14H2,1H3/b20-12+. The Morgan fingerprint density at radius 1 is 1.24 bits per heavy atom. The van der Waals surface area contributed by atoms with E-state index in [1.54, 1.807) is 24.4 Å². The summed E-state index contributed by atoms with van der Waals surface area (Å²) in [5.41, 5.74) is 2.12. The summed E-state index contributed by atoms with van der Waals surface area (Å²) in [5.74, 6) is 1.34. The number of thiocarbonyl (C=S) groups is 1. The van der Waals surface area contributed by atoms with Gasteiger partial charge in [0.2, 0.25) is 6.79 Å². The van der Waals surface area contributed by atoms with Gasteiger partial charge in [-0.2, -0.15) is 0 Å². The molecule has 2 aliphatic rings. The molecule has 192 valence electrons. The van der Waals surface area contributed by atoms with E-state index in [0.717, 1.165) is 22.9 Å². The summed E-state index contributed by atoms with van der Waals surface area (Å²) in [6.07, 6.45) is 3.19. The van der Waals surface area contributed by atoms with Gasteiger partial charge in [0.05, 0.1) is 36.8 Å². The molecule has 1 fully saturated rings. The van der Waals surface area contributed by atoms with E-state index < -0.39 is 0 Å². The normalized spacial score (nSPS) is 15.8. The lowest BCUT2D eigenvalue weighted by Gasteiger charge is -2.15. The highest BCUT2D eigenvalue weighted by Gasteiger charge is 2.33. The van der Waals surface area contributed by atoms with Crippen LogP contribution in [0, 0.1) is 6.92 Å². The summed E-state index contributed by atoms with van der Waals surface area (Å²) < 4.78 is 18.0. The van der Waals surface area contributed by atoms with Crippen LogP contribution in [-0.4, -0.2) is 62.8 Å². The molecule has 1 amide bonds. The maximum absolute atomic E-state index is 13.5. The third kappa shape index (κ3) is 5.18. The summed E-state index contributed by atoms with van der Waals surface area (Å²) in [5, 5.41) is 12.0. The van der Waals surface area contributed by atoms with Crippen molar-refractivity contribution in [2.24, 2.45) is 0 Å². The van der Waals surface area contributed by atoms with Crippen LogP contribution in [0.15, 0.2) is 46.2 Å². The maximum atomic E-state index is 13.5. The Hall–Kier alpha value is -3.45. The molecule has 0 aliphatic carbocycles. The average Bonchev–Trinajstić information content (AvgIpc) is 3.46. The second-order valence-electron chi connectivity index (χ2n) is 8.28. The van der Waals surface area contributed by atoms with Crippen LogP contribution >= 0.6 is 24.0 Å². The van der Waals surface area contributed by atoms with Gasteiger partial charge >= 0.3 is 0 Å². The minimum absolute atomic E-state index is 0.0753. The molecule has 1 saturated heterocycles. The number of carbonyl (C=O) groups is 1. The van der Waals surface area contributed by atoms with Crippen molar-refractivity contribution in [2.45, 2.75) is 13.5 Å². The zero-order chi connectivity index (χ0) is 25.9. The van der Waals surface area contributed by atoms with Gasteiger partial charge < -0.3 is 24.6 Å². The van der Waals surface area contributed by atoms with Crippen LogP contribution in [-0.2, 0) is 16.1 Å². The van der Waals surface area contributed by atoms with E-state index >= 15 is 0 Å². The quantitative estimate of drug-likeness (QED) is 0.238. The highest BCUT2D eigenvalue weighted by atomic mass is 32.2. The molecule has 1 aromatic carbocycles. The molecular weight excluding hydrogens is 516 g/mol. The first-order chi connectivity index (χ1) is 18.0. The van der Waals surface area contributed by atoms with E-state index in [-0.39, 0.29) is 43.6 Å². The van der Waals surface area contributed by atoms with E-state index in [0.29, 0.717) is 45.3 Å². The van der Waals surface area contributed by atoms with Gasteiger partial charge in [0.25, 0.3) is 11.5 Å². The minimum Gasteiger partial charge on any atom is -0.454 e. The van der Waals surface area contributed by atoms with E-state index in [9.17, 15) is 9.59 Å². The lowest BCUT2D eigenvalue weighted by atomic mass is 10.2. The number of rotatable bonds is 9. The average molecular weight is 541 g/mol. The van der Waals surface area contributed by atoms with Gasteiger partial charge in [-0.15, -0.1) is 0 Å². The zero-order valence-corrected chi connectivity index (χ0v) is 21.6. The van der Waals surface area contributed by atoms with Gasteiger partial charge in [0.15, 0.2) is 11.5 Å². The number of ether oxygens (including phenoxy) is 3. The Morgan fingerprint density at radius 3 is 2.92 bits per heavy atom. The van der Waals surface area contributed by atoms with Gasteiger partial charge in [-0.3, -0.25) is 18.9 Å². The van der Waals surface area contributed by atoms with E-state index in [2.05, 4.69) is 10.3 Å². The van der Waals surface area contributed by atoms with Gasteiger partial charge in [0.1, 0.15) is 15.8 Å². The van der Waals surface area contributed by atoms with Crippen molar-refractivity contribution in [2.75, 3.05) is 38.5 Å². The number of nitrogens with zero attached hydrogens (tertiary/aromatic N) is 3. The zero-order valence-electron chi connectivity index (χ0n) is 19.9. The molecule has 2 aromatic heterocycles. The van der Waals surface area contributed by atoms with Crippen molar-refractivity contribution in [1.29, 1.82) is 0 Å². The molecule has 3 aromatic rings. The van der Waals surface area contributed by atoms with Crippen molar-refractivity contribution in [1.82, 2.24) is 14.3 Å². The van der Waals surface area contributed by atoms with Crippen molar-refractivity contribution in [3.63, 3.8) is 0 Å². The third-order valence-corrected chi connectivity index (χ3v) is 7.16. The number of amides is 1. The van der Waals surface area contributed by atoms with Crippen molar-refractivity contribution < 1.29 is 24.1 Å². The molecule has 5 rings (SSSR count). The number of thioether (sulfide) groups is 1. The lowest BCUT2D eigenvalue weighted by Crippen LogP contribution is -2.27. The third-order valence-electron chi connectivity index (χ3n) is 5.79. The molecule has 0 radical (unpaired) electrons. The predicted molar refractivity (Wildman–Crippen MR) is 144 cm³/mol. The number of nitrogens with one attached hydrogen (secondary N) is 1. The molecule has 37 heavy (non-hydrogen) atoms. The Morgan fingerprint density at radius 2 is 2.08 bits per heavy atom. The van der Waals surface area contributed by atoms with Crippen LogP contribution < -0.4 is 20.3 Å². The number of aryl methyl sites for hydroxylation is 1. The van der Waals surface area contributed by atoms with Crippen LogP contribution in [0.4, 0.5) is 5.82 Å². The van der Waals surface area contributed by atoms with Crippen molar-refractivity contribution in [3.05, 3.63) is 68.5 Å².